The molecule has 0 N–H and O–H groups in total. The van der Waals surface area contributed by atoms with Gasteiger partial charge in [-0.05, 0) is 12.1 Å². The van der Waals surface area contributed by atoms with E-state index in [2.05, 4.69) is 0 Å². The summed E-state index contributed by atoms with van der Waals surface area (Å²) in [5.74, 6) is 1.99. The SMILES string of the molecule is COc1cccc(OCC2CO2)c1OC. The number of benzene rings is 1. The molecule has 1 aliphatic heterocycles. The van der Waals surface area contributed by atoms with Gasteiger partial charge in [0.05, 0.1) is 20.8 Å². The Hall–Kier alpha value is -1.42. The lowest BCUT2D eigenvalue weighted by Crippen LogP contribution is -2.05. The van der Waals surface area contributed by atoms with Crippen LogP contribution < -0.4 is 14.2 Å². The van der Waals surface area contributed by atoms with E-state index in [1.54, 1.807) is 14.2 Å². The van der Waals surface area contributed by atoms with Crippen LogP contribution in [0.2, 0.25) is 0 Å². The summed E-state index contributed by atoms with van der Waals surface area (Å²) in [5.41, 5.74) is 0. The van der Waals surface area contributed by atoms with Crippen molar-refractivity contribution in [2.45, 2.75) is 6.10 Å². The van der Waals surface area contributed by atoms with Gasteiger partial charge in [-0.25, -0.2) is 0 Å². The molecule has 82 valence electrons. The van der Waals surface area contributed by atoms with Crippen LogP contribution in [-0.2, 0) is 4.74 Å². The minimum absolute atomic E-state index is 0.237. The van der Waals surface area contributed by atoms with Gasteiger partial charge in [0.25, 0.3) is 0 Å². The maximum absolute atomic E-state index is 5.56. The molecular weight excluding hydrogens is 196 g/mol. The van der Waals surface area contributed by atoms with Crippen molar-refractivity contribution >= 4 is 0 Å². The van der Waals surface area contributed by atoms with E-state index >= 15 is 0 Å². The van der Waals surface area contributed by atoms with Gasteiger partial charge in [0.2, 0.25) is 5.75 Å². The zero-order chi connectivity index (χ0) is 10.7. The summed E-state index contributed by atoms with van der Waals surface area (Å²) in [7, 11) is 3.20. The van der Waals surface area contributed by atoms with Gasteiger partial charge in [-0.3, -0.25) is 0 Å². The van der Waals surface area contributed by atoms with Gasteiger partial charge in [0, 0.05) is 0 Å². The van der Waals surface area contributed by atoms with Gasteiger partial charge in [0.1, 0.15) is 12.7 Å². The molecular formula is C11H14O4. The van der Waals surface area contributed by atoms with Crippen LogP contribution in [0.4, 0.5) is 0 Å². The molecule has 15 heavy (non-hydrogen) atoms. The zero-order valence-electron chi connectivity index (χ0n) is 8.86. The van der Waals surface area contributed by atoms with Crippen LogP contribution in [0.5, 0.6) is 17.2 Å². The second-order valence-electron chi connectivity index (χ2n) is 3.26. The van der Waals surface area contributed by atoms with E-state index in [0.717, 1.165) is 6.61 Å². The monoisotopic (exact) mass is 210 g/mol. The predicted octanol–water partition coefficient (Wildman–Crippen LogP) is 1.48. The molecule has 0 spiro atoms. The molecule has 0 radical (unpaired) electrons. The lowest BCUT2D eigenvalue weighted by molar-refractivity contribution is 0.248. The van der Waals surface area contributed by atoms with E-state index in [1.165, 1.54) is 0 Å². The molecule has 1 aromatic carbocycles. The Kier molecular flexibility index (Phi) is 2.97. The molecule has 4 heteroatoms. The van der Waals surface area contributed by atoms with Gasteiger partial charge in [-0.2, -0.15) is 0 Å². The highest BCUT2D eigenvalue weighted by molar-refractivity contribution is 5.51. The number of hydrogen-bond acceptors (Lipinski definition) is 4. The van der Waals surface area contributed by atoms with Crippen molar-refractivity contribution in [1.29, 1.82) is 0 Å². The highest BCUT2D eigenvalue weighted by Gasteiger charge is 2.24. The number of rotatable bonds is 5. The average molecular weight is 210 g/mol. The molecule has 1 aromatic rings. The smallest absolute Gasteiger partial charge is 0.203 e. The van der Waals surface area contributed by atoms with Crippen LogP contribution in [0.1, 0.15) is 0 Å². The summed E-state index contributed by atoms with van der Waals surface area (Å²) in [6.07, 6.45) is 0.237. The molecule has 1 fully saturated rings. The van der Waals surface area contributed by atoms with Gasteiger partial charge in [-0.15, -0.1) is 0 Å². The molecule has 0 amide bonds. The Labute approximate surface area is 88.7 Å². The maximum atomic E-state index is 5.56. The van der Waals surface area contributed by atoms with Crippen molar-refractivity contribution in [2.24, 2.45) is 0 Å². The predicted molar refractivity (Wildman–Crippen MR) is 54.8 cm³/mol. The van der Waals surface area contributed by atoms with E-state index in [0.29, 0.717) is 23.9 Å². The second-order valence-corrected chi connectivity index (χ2v) is 3.26. The van der Waals surface area contributed by atoms with Crippen LogP contribution in [0.15, 0.2) is 18.2 Å². The Balaban J connectivity index is 2.12. The van der Waals surface area contributed by atoms with Gasteiger partial charge >= 0.3 is 0 Å². The third-order valence-electron chi connectivity index (χ3n) is 2.19. The van der Waals surface area contributed by atoms with Gasteiger partial charge in [0.15, 0.2) is 11.5 Å². The summed E-state index contributed by atoms with van der Waals surface area (Å²) < 4.78 is 21.0. The van der Waals surface area contributed by atoms with Crippen LogP contribution in [0.3, 0.4) is 0 Å². The molecule has 1 saturated heterocycles. The van der Waals surface area contributed by atoms with Crippen molar-refractivity contribution in [3.8, 4) is 17.2 Å². The Morgan fingerprint density at radius 3 is 2.60 bits per heavy atom. The normalized spacial score (nSPS) is 18.4. The largest absolute Gasteiger partial charge is 0.493 e. The summed E-state index contributed by atoms with van der Waals surface area (Å²) in [6, 6.07) is 5.55. The van der Waals surface area contributed by atoms with E-state index < -0.39 is 0 Å². The average Bonchev–Trinajstić information content (AvgIpc) is 3.09. The Morgan fingerprint density at radius 2 is 2.00 bits per heavy atom. The van der Waals surface area contributed by atoms with Gasteiger partial charge in [-0.1, -0.05) is 6.07 Å². The van der Waals surface area contributed by atoms with Crippen molar-refractivity contribution in [3.05, 3.63) is 18.2 Å². The topological polar surface area (TPSA) is 40.2 Å². The Bertz CT molecular complexity index is 333. The quantitative estimate of drug-likeness (QED) is 0.690. The fraction of sp³-hybridized carbons (Fsp3) is 0.455. The van der Waals surface area contributed by atoms with E-state index in [4.69, 9.17) is 18.9 Å². The summed E-state index contributed by atoms with van der Waals surface area (Å²) in [5, 5.41) is 0. The number of hydrogen-bond donors (Lipinski definition) is 0. The molecule has 0 saturated carbocycles. The highest BCUT2D eigenvalue weighted by atomic mass is 16.6. The van der Waals surface area contributed by atoms with Gasteiger partial charge < -0.3 is 18.9 Å². The van der Waals surface area contributed by atoms with E-state index in [9.17, 15) is 0 Å². The molecule has 2 rings (SSSR count). The van der Waals surface area contributed by atoms with Crippen LogP contribution in [0, 0.1) is 0 Å². The van der Waals surface area contributed by atoms with Crippen LogP contribution in [-0.4, -0.2) is 33.5 Å². The lowest BCUT2D eigenvalue weighted by Gasteiger charge is -2.12. The molecule has 1 heterocycles. The van der Waals surface area contributed by atoms with Crippen LogP contribution in [0.25, 0.3) is 0 Å². The lowest BCUT2D eigenvalue weighted by atomic mass is 10.3. The summed E-state index contributed by atoms with van der Waals surface area (Å²) >= 11 is 0. The molecule has 1 unspecified atom stereocenters. The number of para-hydroxylation sites is 1. The third kappa shape index (κ3) is 2.33. The standard InChI is InChI=1S/C11H14O4/c1-12-9-4-3-5-10(11(9)13-2)15-7-8-6-14-8/h3-5,8H,6-7H2,1-2H3. The Morgan fingerprint density at radius 1 is 1.27 bits per heavy atom. The fourth-order valence-corrected chi connectivity index (χ4v) is 1.32. The number of epoxide rings is 1. The molecule has 1 aliphatic rings. The summed E-state index contributed by atoms with van der Waals surface area (Å²) in [4.78, 5) is 0. The van der Waals surface area contributed by atoms with E-state index in [1.807, 2.05) is 18.2 Å². The van der Waals surface area contributed by atoms with Crippen molar-refractivity contribution in [2.75, 3.05) is 27.4 Å². The van der Waals surface area contributed by atoms with Crippen molar-refractivity contribution < 1.29 is 18.9 Å². The first kappa shape index (κ1) is 10.1. The first-order valence-corrected chi connectivity index (χ1v) is 4.80. The minimum Gasteiger partial charge on any atom is -0.493 e. The van der Waals surface area contributed by atoms with Crippen LogP contribution >= 0.6 is 0 Å². The molecule has 1 atom stereocenters. The summed E-state index contributed by atoms with van der Waals surface area (Å²) in [6.45, 7) is 1.34. The number of ether oxygens (including phenoxy) is 4. The highest BCUT2D eigenvalue weighted by Crippen LogP contribution is 2.36. The zero-order valence-corrected chi connectivity index (χ0v) is 8.86. The third-order valence-corrected chi connectivity index (χ3v) is 2.19. The van der Waals surface area contributed by atoms with E-state index in [-0.39, 0.29) is 6.10 Å². The van der Waals surface area contributed by atoms with Crippen molar-refractivity contribution in [1.82, 2.24) is 0 Å². The minimum atomic E-state index is 0.237. The first-order chi connectivity index (χ1) is 7.35. The molecule has 4 nitrogen and oxygen atoms in total. The van der Waals surface area contributed by atoms with Crippen molar-refractivity contribution in [3.63, 3.8) is 0 Å². The maximum Gasteiger partial charge on any atom is 0.203 e. The fourth-order valence-electron chi connectivity index (χ4n) is 1.32. The molecule has 0 aromatic heterocycles. The first-order valence-electron chi connectivity index (χ1n) is 4.80. The molecule has 0 bridgehead atoms. The number of methoxy groups -OCH3 is 2. The molecule has 0 aliphatic carbocycles. The second kappa shape index (κ2) is 4.40.